The summed E-state index contributed by atoms with van der Waals surface area (Å²) in [5.41, 5.74) is 1.16. The molecule has 0 N–H and O–H groups in total. The molecule has 0 radical (unpaired) electrons. The normalized spacial score (nSPS) is 54.8. The van der Waals surface area contributed by atoms with Crippen molar-refractivity contribution in [1.82, 2.24) is 0 Å². The Labute approximate surface area is 143 Å². The lowest BCUT2D eigenvalue weighted by Crippen LogP contribution is -2.62. The van der Waals surface area contributed by atoms with Gasteiger partial charge in [0.1, 0.15) is 6.10 Å². The molecular formula is C20H26O4. The summed E-state index contributed by atoms with van der Waals surface area (Å²) in [6.45, 7) is 7.02. The third kappa shape index (κ3) is 1.66. The van der Waals surface area contributed by atoms with Crippen LogP contribution in [0.15, 0.2) is 24.0 Å². The van der Waals surface area contributed by atoms with E-state index in [2.05, 4.69) is 26.8 Å². The predicted molar refractivity (Wildman–Crippen MR) is 87.7 cm³/mol. The monoisotopic (exact) mass is 330 g/mol. The van der Waals surface area contributed by atoms with Crippen molar-refractivity contribution in [2.24, 2.45) is 28.6 Å². The van der Waals surface area contributed by atoms with Crippen LogP contribution in [0.1, 0.15) is 46.5 Å². The fraction of sp³-hybridized carbons (Fsp3) is 0.750. The van der Waals surface area contributed by atoms with E-state index in [0.29, 0.717) is 11.8 Å². The maximum Gasteiger partial charge on any atom is 0.309 e. The molecule has 5 aliphatic rings. The molecule has 3 fully saturated rings. The topological polar surface area (TPSA) is 44.8 Å². The van der Waals surface area contributed by atoms with Crippen LogP contribution >= 0.6 is 0 Å². The summed E-state index contributed by atoms with van der Waals surface area (Å²) in [7, 11) is 0. The van der Waals surface area contributed by atoms with Crippen LogP contribution in [-0.4, -0.2) is 24.5 Å². The van der Waals surface area contributed by atoms with Crippen LogP contribution in [0.2, 0.25) is 0 Å². The largest absolute Gasteiger partial charge is 0.468 e. The van der Waals surface area contributed by atoms with Gasteiger partial charge in [-0.2, -0.15) is 0 Å². The highest BCUT2D eigenvalue weighted by Crippen LogP contribution is 2.67. The summed E-state index contributed by atoms with van der Waals surface area (Å²) < 4.78 is 18.0. The third-order valence-electron chi connectivity index (χ3n) is 7.98. The molecule has 3 aliphatic heterocycles. The van der Waals surface area contributed by atoms with Crippen molar-refractivity contribution >= 4 is 5.97 Å². The molecule has 8 atom stereocenters. The van der Waals surface area contributed by atoms with Crippen LogP contribution in [-0.2, 0) is 19.0 Å². The van der Waals surface area contributed by atoms with Crippen molar-refractivity contribution in [3.8, 4) is 0 Å². The van der Waals surface area contributed by atoms with Gasteiger partial charge in [0.15, 0.2) is 0 Å². The van der Waals surface area contributed by atoms with E-state index in [1.165, 1.54) is 0 Å². The third-order valence-corrected chi connectivity index (χ3v) is 7.98. The van der Waals surface area contributed by atoms with Crippen molar-refractivity contribution in [2.75, 3.05) is 0 Å². The summed E-state index contributed by atoms with van der Waals surface area (Å²) in [6.07, 6.45) is 9.75. The molecule has 0 amide bonds. The van der Waals surface area contributed by atoms with Crippen LogP contribution in [0.25, 0.3) is 0 Å². The van der Waals surface area contributed by atoms with Crippen molar-refractivity contribution < 1.29 is 19.0 Å². The Hall–Kier alpha value is -1.29. The van der Waals surface area contributed by atoms with Gasteiger partial charge in [-0.25, -0.2) is 0 Å². The number of hydrogen-bond acceptors (Lipinski definition) is 4. The van der Waals surface area contributed by atoms with Crippen molar-refractivity contribution in [1.29, 1.82) is 0 Å². The first kappa shape index (κ1) is 15.0. The van der Waals surface area contributed by atoms with Gasteiger partial charge < -0.3 is 14.2 Å². The first-order chi connectivity index (χ1) is 11.4. The fourth-order valence-corrected chi connectivity index (χ4v) is 6.50. The number of rotatable bonds is 0. The molecule has 5 rings (SSSR count). The maximum absolute atomic E-state index is 12.5. The Balaban J connectivity index is 1.65. The van der Waals surface area contributed by atoms with Gasteiger partial charge in [-0.05, 0) is 43.1 Å². The number of allylic oxidation sites excluding steroid dienone is 1. The Morgan fingerprint density at radius 3 is 2.92 bits per heavy atom. The molecule has 130 valence electrons. The summed E-state index contributed by atoms with van der Waals surface area (Å²) in [5, 5.41) is 0. The van der Waals surface area contributed by atoms with E-state index < -0.39 is 0 Å². The van der Waals surface area contributed by atoms with Crippen molar-refractivity contribution in [3.05, 3.63) is 24.0 Å². The lowest BCUT2D eigenvalue weighted by Gasteiger charge is -2.61. The van der Waals surface area contributed by atoms with Crippen LogP contribution < -0.4 is 0 Å². The molecule has 0 aromatic heterocycles. The molecule has 0 aromatic rings. The number of esters is 1. The number of hydrogen-bond donors (Lipinski definition) is 0. The molecule has 1 saturated heterocycles. The molecular weight excluding hydrogens is 304 g/mol. The van der Waals surface area contributed by atoms with Gasteiger partial charge in [-0.1, -0.05) is 26.8 Å². The van der Waals surface area contributed by atoms with Crippen LogP contribution in [0.4, 0.5) is 0 Å². The first-order valence-corrected chi connectivity index (χ1v) is 9.32. The minimum atomic E-state index is -0.270. The summed E-state index contributed by atoms with van der Waals surface area (Å²) in [5.74, 6) is 0.876. The molecule has 0 aromatic carbocycles. The molecule has 0 spiro atoms. The van der Waals surface area contributed by atoms with E-state index >= 15 is 0 Å². The molecule has 2 aliphatic carbocycles. The minimum Gasteiger partial charge on any atom is -0.468 e. The fourth-order valence-electron chi connectivity index (χ4n) is 6.50. The number of carbonyl (C=O) groups excluding carboxylic acids is 1. The van der Waals surface area contributed by atoms with Crippen molar-refractivity contribution in [3.63, 3.8) is 0 Å². The zero-order valence-corrected chi connectivity index (χ0v) is 14.7. The van der Waals surface area contributed by atoms with Gasteiger partial charge in [0, 0.05) is 16.9 Å². The number of ether oxygens (including phenoxy) is 3. The smallest absolute Gasteiger partial charge is 0.309 e. The minimum absolute atomic E-state index is 0.0227. The second-order valence-electron chi connectivity index (χ2n) is 8.90. The van der Waals surface area contributed by atoms with Crippen molar-refractivity contribution in [2.45, 2.75) is 65.0 Å². The average Bonchev–Trinajstić information content (AvgIpc) is 3.05. The molecule has 3 heterocycles. The van der Waals surface area contributed by atoms with Gasteiger partial charge in [0.2, 0.25) is 6.29 Å². The lowest BCUT2D eigenvalue weighted by molar-refractivity contribution is -0.226. The molecule has 24 heavy (non-hydrogen) atoms. The second-order valence-corrected chi connectivity index (χ2v) is 8.90. The molecule has 4 heteroatoms. The highest BCUT2D eigenvalue weighted by Gasteiger charge is 2.69. The summed E-state index contributed by atoms with van der Waals surface area (Å²) in [4.78, 5) is 12.5. The van der Waals surface area contributed by atoms with Crippen LogP contribution in [0.3, 0.4) is 0 Å². The molecule has 2 saturated carbocycles. The van der Waals surface area contributed by atoms with Gasteiger partial charge in [-0.15, -0.1) is 0 Å². The molecule has 8 unspecified atom stereocenters. The Bertz CT molecular complexity index is 652. The highest BCUT2D eigenvalue weighted by atomic mass is 16.7. The summed E-state index contributed by atoms with van der Waals surface area (Å²) >= 11 is 0. The number of fused-ring (bicyclic) bond motifs is 1. The van der Waals surface area contributed by atoms with Gasteiger partial charge >= 0.3 is 5.97 Å². The van der Waals surface area contributed by atoms with E-state index in [1.807, 2.05) is 6.08 Å². The van der Waals surface area contributed by atoms with E-state index in [-0.39, 0.29) is 41.2 Å². The van der Waals surface area contributed by atoms with E-state index in [9.17, 15) is 4.79 Å². The molecule has 4 nitrogen and oxygen atoms in total. The SMILES string of the molecule is CC1CC2OC(=O)C3CCC4OC5OC=CC5=CCC1(C)C4C23C. The highest BCUT2D eigenvalue weighted by molar-refractivity contribution is 5.76. The predicted octanol–water partition coefficient (Wildman–Crippen LogP) is 3.58. The number of carbonyl (C=O) groups is 1. The summed E-state index contributed by atoms with van der Waals surface area (Å²) in [6, 6.07) is 0. The standard InChI is InChI=1S/C20H26O4/c1-11-10-15-20(3)13(17(21)24-15)4-5-14-16(20)19(11,2)8-6-12-7-9-22-18(12)23-14/h6-7,9,11,13-16,18H,4-5,8,10H2,1-3H3. The van der Waals surface area contributed by atoms with Crippen LogP contribution in [0.5, 0.6) is 0 Å². The lowest BCUT2D eigenvalue weighted by atomic mass is 9.43. The van der Waals surface area contributed by atoms with E-state index in [4.69, 9.17) is 14.2 Å². The van der Waals surface area contributed by atoms with Gasteiger partial charge in [0.25, 0.3) is 0 Å². The van der Waals surface area contributed by atoms with Crippen LogP contribution in [0, 0.1) is 28.6 Å². The maximum atomic E-state index is 12.5. The van der Waals surface area contributed by atoms with E-state index in [0.717, 1.165) is 31.3 Å². The first-order valence-electron chi connectivity index (χ1n) is 9.32. The second kappa shape index (κ2) is 4.66. The molecule has 0 bridgehead atoms. The Morgan fingerprint density at radius 1 is 1.25 bits per heavy atom. The quantitative estimate of drug-likeness (QED) is 0.637. The zero-order valence-electron chi connectivity index (χ0n) is 14.7. The Kier molecular flexibility index (Phi) is 2.91. The van der Waals surface area contributed by atoms with Gasteiger partial charge in [0.05, 0.1) is 18.3 Å². The van der Waals surface area contributed by atoms with Gasteiger partial charge in [-0.3, -0.25) is 4.79 Å². The average molecular weight is 330 g/mol. The zero-order chi connectivity index (χ0) is 16.7. The Morgan fingerprint density at radius 2 is 2.08 bits per heavy atom. The van der Waals surface area contributed by atoms with E-state index in [1.54, 1.807) is 6.26 Å².